The summed E-state index contributed by atoms with van der Waals surface area (Å²) in [5.74, 6) is 3.32. The molecule has 0 saturated carbocycles. The molecule has 0 fully saturated rings. The van der Waals surface area contributed by atoms with Gasteiger partial charge in [-0.1, -0.05) is 89.2 Å². The first kappa shape index (κ1) is 47.6. The number of benzene rings is 2. The van der Waals surface area contributed by atoms with Gasteiger partial charge in [0.25, 0.3) is 16.6 Å². The van der Waals surface area contributed by atoms with E-state index in [9.17, 15) is 5.11 Å². The van der Waals surface area contributed by atoms with Crippen LogP contribution in [0.4, 0.5) is 0 Å². The zero-order valence-electron chi connectivity index (χ0n) is 38.5. The zero-order valence-corrected chi connectivity index (χ0v) is 42.5. The van der Waals surface area contributed by atoms with Crippen molar-refractivity contribution >= 4 is 33.3 Å². The van der Waals surface area contributed by atoms with E-state index < -0.39 is 51.6 Å². The smallest absolute Gasteiger partial charge is 0.250 e. The van der Waals surface area contributed by atoms with Crippen molar-refractivity contribution in [1.82, 2.24) is 0 Å². The molecule has 3 rings (SSSR count). The number of rotatable bonds is 14. The largest absolute Gasteiger partial charge is 0.543 e. The van der Waals surface area contributed by atoms with E-state index in [0.29, 0.717) is 48.4 Å². The van der Waals surface area contributed by atoms with Crippen LogP contribution in [0.15, 0.2) is 30.3 Å². The van der Waals surface area contributed by atoms with Gasteiger partial charge in [0.1, 0.15) is 41.0 Å². The Morgan fingerprint density at radius 3 is 1.51 bits per heavy atom. The lowest BCUT2D eigenvalue weighted by molar-refractivity contribution is -0.110. The Kier molecular flexibility index (Phi) is 14.2. The van der Waals surface area contributed by atoms with Crippen LogP contribution in [0.25, 0.3) is 0 Å². The Hall–Kier alpha value is -1.81. The maximum Gasteiger partial charge on any atom is 0.250 e. The van der Waals surface area contributed by atoms with Gasteiger partial charge in [0, 0.05) is 18.7 Å². The Labute approximate surface area is 339 Å². The molecule has 8 nitrogen and oxygen atoms in total. The number of ether oxygens (including phenoxy) is 3. The van der Waals surface area contributed by atoms with Gasteiger partial charge in [-0.15, -0.1) is 0 Å². The van der Waals surface area contributed by atoms with E-state index in [2.05, 4.69) is 135 Å². The fraction of sp³-hybridized carbons (Fsp3) is 0.721. The van der Waals surface area contributed by atoms with Gasteiger partial charge < -0.3 is 37.0 Å². The van der Waals surface area contributed by atoms with Gasteiger partial charge in [-0.3, -0.25) is 0 Å². The summed E-state index contributed by atoms with van der Waals surface area (Å²) >= 11 is 0. The van der Waals surface area contributed by atoms with E-state index in [1.54, 1.807) is 0 Å². The van der Waals surface area contributed by atoms with Crippen molar-refractivity contribution in [1.29, 1.82) is 0 Å². The number of hydrogen-bond acceptors (Lipinski definition) is 8. The summed E-state index contributed by atoms with van der Waals surface area (Å²) in [6.07, 6.45) is -2.61. The highest BCUT2D eigenvalue weighted by molar-refractivity contribution is 6.76. The summed E-state index contributed by atoms with van der Waals surface area (Å²) in [7, 11) is -9.16. The Morgan fingerprint density at radius 2 is 1.04 bits per heavy atom. The lowest BCUT2D eigenvalue weighted by Gasteiger charge is -2.42. The molecule has 0 aliphatic carbocycles. The van der Waals surface area contributed by atoms with Gasteiger partial charge in [-0.25, -0.2) is 0 Å². The van der Waals surface area contributed by atoms with Crippen LogP contribution in [0.3, 0.4) is 0 Å². The summed E-state index contributed by atoms with van der Waals surface area (Å²) in [6.45, 7) is 48.0. The van der Waals surface area contributed by atoms with Gasteiger partial charge in [-0.2, -0.15) is 0 Å². The molecule has 2 aromatic rings. The monoisotopic (exact) mass is 834 g/mol. The quantitative estimate of drug-likeness (QED) is 0.149. The minimum Gasteiger partial charge on any atom is -0.543 e. The van der Waals surface area contributed by atoms with E-state index in [-0.39, 0.29) is 20.2 Å². The predicted molar refractivity (Wildman–Crippen MR) is 239 cm³/mol. The van der Waals surface area contributed by atoms with E-state index in [4.69, 9.17) is 31.9 Å². The molecule has 0 spiro atoms. The van der Waals surface area contributed by atoms with Crippen molar-refractivity contribution < 1.29 is 37.0 Å². The highest BCUT2D eigenvalue weighted by Gasteiger charge is 2.47. The highest BCUT2D eigenvalue weighted by atomic mass is 28.4. The minimum atomic E-state index is -2.37. The number of fused-ring (bicyclic) bond motifs is 1. The average Bonchev–Trinajstić information content (AvgIpc) is 2.98. The van der Waals surface area contributed by atoms with Gasteiger partial charge in [0.15, 0.2) is 6.10 Å². The molecule has 0 aromatic heterocycles. The van der Waals surface area contributed by atoms with Crippen molar-refractivity contribution in [3.05, 3.63) is 41.5 Å². The second-order valence-electron chi connectivity index (χ2n) is 21.5. The van der Waals surface area contributed by atoms with Crippen molar-refractivity contribution in [3.63, 3.8) is 0 Å². The van der Waals surface area contributed by atoms with E-state index >= 15 is 0 Å². The van der Waals surface area contributed by atoms with Crippen molar-refractivity contribution in [2.75, 3.05) is 19.8 Å². The second-order valence-corrected chi connectivity index (χ2v) is 40.4. The third-order valence-electron chi connectivity index (χ3n) is 13.0. The maximum atomic E-state index is 12.4. The number of aliphatic hydroxyl groups is 1. The first-order valence-corrected chi connectivity index (χ1v) is 31.9. The van der Waals surface area contributed by atoms with E-state index in [1.165, 1.54) is 0 Å². The molecule has 1 aliphatic heterocycles. The molecule has 1 N–H and O–H groups in total. The van der Waals surface area contributed by atoms with Gasteiger partial charge >= 0.3 is 0 Å². The lowest BCUT2D eigenvalue weighted by atomic mass is 9.91. The fourth-order valence-electron chi connectivity index (χ4n) is 5.06. The number of hydrogen-bond donors (Lipinski definition) is 1. The molecular weight excluding hydrogens is 757 g/mol. The molecule has 0 saturated heterocycles. The molecule has 0 radical (unpaired) electrons. The molecule has 3 atom stereocenters. The van der Waals surface area contributed by atoms with Crippen LogP contribution in [0.1, 0.15) is 113 Å². The SMILES string of the molecule is CCOCCO[C@H]1c2c(cc(O[Si](C)(C)C(C)(C)C)cc2O[Si](C)(C)C(C)(C)C)O[C@H](c2ccc(O[Si](C)(C)C(C)(C)C)c(O[Si](C)(C)C(C)(C)C)c2)[C@@H]1O. The van der Waals surface area contributed by atoms with Crippen molar-refractivity contribution in [2.45, 2.75) is 181 Å². The Bertz CT molecular complexity index is 1610. The summed E-state index contributed by atoms with van der Waals surface area (Å²) in [6, 6.07) is 9.97. The summed E-state index contributed by atoms with van der Waals surface area (Å²) in [5.41, 5.74) is 1.47. The third kappa shape index (κ3) is 11.0. The molecule has 1 heterocycles. The lowest BCUT2D eigenvalue weighted by Crippen LogP contribution is -2.46. The molecule has 1 aliphatic rings. The van der Waals surface area contributed by atoms with Crippen LogP contribution in [0, 0.1) is 0 Å². The predicted octanol–water partition coefficient (Wildman–Crippen LogP) is 12.8. The summed E-state index contributed by atoms with van der Waals surface area (Å²) in [5, 5.41) is 12.3. The Balaban J connectivity index is 2.32. The highest BCUT2D eigenvalue weighted by Crippen LogP contribution is 2.53. The molecule has 0 unspecified atom stereocenters. The van der Waals surface area contributed by atoms with Crippen molar-refractivity contribution in [3.8, 4) is 28.7 Å². The summed E-state index contributed by atoms with van der Waals surface area (Å²) < 4.78 is 47.2. The third-order valence-corrected chi connectivity index (χ3v) is 30.3. The molecule has 55 heavy (non-hydrogen) atoms. The normalized spacial score (nSPS) is 19.1. The molecule has 0 bridgehead atoms. The first-order chi connectivity index (χ1) is 24.7. The van der Waals surface area contributed by atoms with Gasteiger partial charge in [-0.05, 0) is 97.1 Å². The topological polar surface area (TPSA) is 84.8 Å². The standard InChI is InChI=1S/C43H78O8Si4/c1-22-45-25-26-46-39-36-34(28-31(48-52(14,15)40(2,3)4)29-35(36)51-55(20,21)43(11,12)13)47-38(37(39)44)30-23-24-32(49-53(16,17)41(5,6)7)33(27-30)50-54(18,19)42(8,9)10/h23-24,27-29,37-39,44H,22,25-26H2,1-21H3/t37-,38+,39-/m0/s1. The maximum absolute atomic E-state index is 12.4. The summed E-state index contributed by atoms with van der Waals surface area (Å²) in [4.78, 5) is 0. The number of aliphatic hydroxyl groups excluding tert-OH is 1. The Morgan fingerprint density at radius 1 is 0.582 bits per heavy atom. The molecular formula is C43H78O8Si4. The van der Waals surface area contributed by atoms with Crippen molar-refractivity contribution in [2.24, 2.45) is 0 Å². The molecule has 314 valence electrons. The molecule has 0 amide bonds. The van der Waals surface area contributed by atoms with E-state index in [0.717, 1.165) is 11.3 Å². The second kappa shape index (κ2) is 16.4. The fourth-order valence-corrected chi connectivity index (χ4v) is 9.14. The van der Waals surface area contributed by atoms with Gasteiger partial charge in [0.2, 0.25) is 16.6 Å². The van der Waals surface area contributed by atoms with E-state index in [1.807, 2.05) is 37.3 Å². The van der Waals surface area contributed by atoms with Crippen LogP contribution in [0.5, 0.6) is 28.7 Å². The van der Waals surface area contributed by atoms with Crippen LogP contribution in [-0.2, 0) is 9.47 Å². The van der Waals surface area contributed by atoms with Gasteiger partial charge in [0.05, 0.1) is 18.8 Å². The zero-order chi connectivity index (χ0) is 42.4. The first-order valence-electron chi connectivity index (χ1n) is 20.3. The molecule has 2 aromatic carbocycles. The van der Waals surface area contributed by atoms with Crippen LogP contribution in [0.2, 0.25) is 72.5 Å². The van der Waals surface area contributed by atoms with Crippen LogP contribution < -0.4 is 22.4 Å². The minimum absolute atomic E-state index is 0.00721. The van der Waals surface area contributed by atoms with Crippen LogP contribution >= 0.6 is 0 Å². The molecule has 12 heteroatoms. The average molecular weight is 835 g/mol. The van der Waals surface area contributed by atoms with Crippen LogP contribution in [-0.4, -0.2) is 64.3 Å².